The summed E-state index contributed by atoms with van der Waals surface area (Å²) in [4.78, 5) is 17.8. The monoisotopic (exact) mass is 346 g/mol. The quantitative estimate of drug-likeness (QED) is 0.822. The van der Waals surface area contributed by atoms with Gasteiger partial charge in [0.1, 0.15) is 0 Å². The summed E-state index contributed by atoms with van der Waals surface area (Å²) >= 11 is 0. The number of hydrogen-bond acceptors (Lipinski definition) is 4. The van der Waals surface area contributed by atoms with Gasteiger partial charge in [-0.3, -0.25) is 9.69 Å². The summed E-state index contributed by atoms with van der Waals surface area (Å²) in [7, 11) is 3.29. The molecule has 2 saturated heterocycles. The number of rotatable bonds is 5. The second-order valence-corrected chi connectivity index (χ2v) is 7.58. The van der Waals surface area contributed by atoms with E-state index in [9.17, 15) is 4.79 Å². The fourth-order valence-electron chi connectivity index (χ4n) is 4.31. The molecule has 0 saturated carbocycles. The van der Waals surface area contributed by atoms with Crippen LogP contribution >= 0.6 is 0 Å². The molecule has 1 aromatic carbocycles. The van der Waals surface area contributed by atoms with E-state index in [4.69, 9.17) is 9.47 Å². The first kappa shape index (κ1) is 18.1. The number of amides is 1. The Bertz CT molecular complexity index is 631. The molecule has 2 aliphatic rings. The molecule has 2 aliphatic heterocycles. The van der Waals surface area contributed by atoms with Crippen molar-refractivity contribution in [2.45, 2.75) is 45.7 Å². The molecule has 0 bridgehead atoms. The van der Waals surface area contributed by atoms with Gasteiger partial charge >= 0.3 is 0 Å². The third-order valence-electron chi connectivity index (χ3n) is 5.78. The molecular weight excluding hydrogens is 316 g/mol. The summed E-state index contributed by atoms with van der Waals surface area (Å²) in [5.41, 5.74) is 0.820. The van der Waals surface area contributed by atoms with Crippen molar-refractivity contribution in [1.29, 1.82) is 0 Å². The number of nitrogens with zero attached hydrogens (tertiary/aromatic N) is 2. The summed E-state index contributed by atoms with van der Waals surface area (Å²) in [5, 5.41) is 0. The van der Waals surface area contributed by atoms with Crippen LogP contribution in [0.25, 0.3) is 0 Å². The number of carbonyl (C=O) groups is 1. The highest BCUT2D eigenvalue weighted by molar-refractivity contribution is 5.84. The highest BCUT2D eigenvalue weighted by Gasteiger charge is 2.48. The Labute approximate surface area is 150 Å². The lowest BCUT2D eigenvalue weighted by molar-refractivity contribution is -0.146. The van der Waals surface area contributed by atoms with Crippen LogP contribution in [0.1, 0.15) is 38.7 Å². The van der Waals surface area contributed by atoms with Crippen molar-refractivity contribution in [3.05, 3.63) is 23.8 Å². The smallest absolute Gasteiger partial charge is 0.230 e. The molecule has 2 heterocycles. The second kappa shape index (κ2) is 7.24. The number of likely N-dealkylation sites (tertiary alicyclic amines) is 2. The zero-order valence-corrected chi connectivity index (χ0v) is 15.9. The van der Waals surface area contributed by atoms with E-state index < -0.39 is 0 Å². The molecule has 0 aliphatic carbocycles. The number of para-hydroxylation sites is 1. The third kappa shape index (κ3) is 3.34. The Morgan fingerprint density at radius 3 is 2.60 bits per heavy atom. The van der Waals surface area contributed by atoms with E-state index in [1.54, 1.807) is 14.2 Å². The van der Waals surface area contributed by atoms with E-state index in [0.29, 0.717) is 24.2 Å². The van der Waals surface area contributed by atoms with Gasteiger partial charge in [0.25, 0.3) is 0 Å². The summed E-state index contributed by atoms with van der Waals surface area (Å²) < 4.78 is 10.9. The Hall–Kier alpha value is -1.75. The normalized spacial score (nSPS) is 24.4. The minimum absolute atomic E-state index is 0.186. The van der Waals surface area contributed by atoms with Gasteiger partial charge in [0.2, 0.25) is 5.91 Å². The Morgan fingerprint density at radius 1 is 1.16 bits per heavy atom. The van der Waals surface area contributed by atoms with Crippen LogP contribution in [0.5, 0.6) is 11.5 Å². The van der Waals surface area contributed by atoms with Gasteiger partial charge in [-0.2, -0.15) is 0 Å². The first-order chi connectivity index (χ1) is 12.0. The topological polar surface area (TPSA) is 42.0 Å². The van der Waals surface area contributed by atoms with Gasteiger partial charge in [-0.15, -0.1) is 0 Å². The van der Waals surface area contributed by atoms with E-state index in [0.717, 1.165) is 50.2 Å². The maximum Gasteiger partial charge on any atom is 0.230 e. The standard InChI is InChI=1S/C20H30N2O3/c1-15(2)22-12-10-20(14-22)9-6-11-21(19(20)23)13-16-7-5-8-17(24-3)18(16)25-4/h5,7-8,15H,6,9-14H2,1-4H3. The summed E-state index contributed by atoms with van der Waals surface area (Å²) in [6, 6.07) is 6.36. The largest absolute Gasteiger partial charge is 0.493 e. The molecule has 1 amide bonds. The molecule has 3 rings (SSSR count). The molecule has 0 radical (unpaired) electrons. The minimum Gasteiger partial charge on any atom is -0.493 e. The summed E-state index contributed by atoms with van der Waals surface area (Å²) in [6.45, 7) is 7.76. The molecule has 1 unspecified atom stereocenters. The van der Waals surface area contributed by atoms with Crippen LogP contribution in [0.3, 0.4) is 0 Å². The molecule has 0 N–H and O–H groups in total. The van der Waals surface area contributed by atoms with Crippen molar-refractivity contribution in [3.8, 4) is 11.5 Å². The van der Waals surface area contributed by atoms with Crippen molar-refractivity contribution in [2.24, 2.45) is 5.41 Å². The Kier molecular flexibility index (Phi) is 5.23. The zero-order valence-electron chi connectivity index (χ0n) is 15.9. The Morgan fingerprint density at radius 2 is 1.96 bits per heavy atom. The van der Waals surface area contributed by atoms with Crippen molar-refractivity contribution >= 4 is 5.91 Å². The van der Waals surface area contributed by atoms with Crippen LogP contribution in [0.2, 0.25) is 0 Å². The molecule has 138 valence electrons. The predicted molar refractivity (Wildman–Crippen MR) is 98.0 cm³/mol. The van der Waals surface area contributed by atoms with E-state index in [1.165, 1.54) is 0 Å². The molecule has 2 fully saturated rings. The van der Waals surface area contributed by atoms with Gasteiger partial charge in [0.05, 0.1) is 19.6 Å². The van der Waals surface area contributed by atoms with Crippen molar-refractivity contribution in [2.75, 3.05) is 33.9 Å². The van der Waals surface area contributed by atoms with E-state index in [1.807, 2.05) is 23.1 Å². The third-order valence-corrected chi connectivity index (χ3v) is 5.78. The van der Waals surface area contributed by atoms with Crippen LogP contribution < -0.4 is 9.47 Å². The highest BCUT2D eigenvalue weighted by atomic mass is 16.5. The molecule has 1 spiro atoms. The van der Waals surface area contributed by atoms with Crippen molar-refractivity contribution < 1.29 is 14.3 Å². The summed E-state index contributed by atoms with van der Waals surface area (Å²) in [5.74, 6) is 1.76. The second-order valence-electron chi connectivity index (χ2n) is 7.58. The number of piperidine rings is 1. The van der Waals surface area contributed by atoms with Gasteiger partial charge in [0, 0.05) is 31.2 Å². The van der Waals surface area contributed by atoms with Crippen molar-refractivity contribution in [1.82, 2.24) is 9.80 Å². The summed E-state index contributed by atoms with van der Waals surface area (Å²) in [6.07, 6.45) is 3.07. The van der Waals surface area contributed by atoms with E-state index >= 15 is 0 Å². The van der Waals surface area contributed by atoms with Gasteiger partial charge < -0.3 is 14.4 Å². The molecule has 1 aromatic rings. The lowest BCUT2D eigenvalue weighted by Gasteiger charge is -2.40. The Balaban J connectivity index is 1.79. The molecule has 1 atom stereocenters. The first-order valence-corrected chi connectivity index (χ1v) is 9.24. The lowest BCUT2D eigenvalue weighted by Crippen LogP contribution is -2.50. The van der Waals surface area contributed by atoms with E-state index in [-0.39, 0.29) is 5.41 Å². The van der Waals surface area contributed by atoms with Crippen LogP contribution in [-0.4, -0.2) is 55.6 Å². The van der Waals surface area contributed by atoms with Gasteiger partial charge in [-0.05, 0) is 45.7 Å². The molecule has 0 aromatic heterocycles. The van der Waals surface area contributed by atoms with Crippen LogP contribution in [-0.2, 0) is 11.3 Å². The van der Waals surface area contributed by atoms with E-state index in [2.05, 4.69) is 18.7 Å². The van der Waals surface area contributed by atoms with Crippen LogP contribution in [0.15, 0.2) is 18.2 Å². The zero-order chi connectivity index (χ0) is 18.0. The van der Waals surface area contributed by atoms with Gasteiger partial charge in [-0.1, -0.05) is 12.1 Å². The van der Waals surface area contributed by atoms with Crippen molar-refractivity contribution in [3.63, 3.8) is 0 Å². The molecule has 5 nitrogen and oxygen atoms in total. The number of methoxy groups -OCH3 is 2. The number of hydrogen-bond donors (Lipinski definition) is 0. The van der Waals surface area contributed by atoms with Crippen LogP contribution in [0.4, 0.5) is 0 Å². The number of carbonyl (C=O) groups excluding carboxylic acids is 1. The number of ether oxygens (including phenoxy) is 2. The van der Waals surface area contributed by atoms with Crippen LogP contribution in [0, 0.1) is 5.41 Å². The first-order valence-electron chi connectivity index (χ1n) is 9.24. The predicted octanol–water partition coefficient (Wildman–Crippen LogP) is 2.93. The molecular formula is C20H30N2O3. The van der Waals surface area contributed by atoms with Gasteiger partial charge in [-0.25, -0.2) is 0 Å². The maximum absolute atomic E-state index is 13.3. The molecule has 5 heteroatoms. The highest BCUT2D eigenvalue weighted by Crippen LogP contribution is 2.42. The lowest BCUT2D eigenvalue weighted by atomic mass is 9.78. The maximum atomic E-state index is 13.3. The van der Waals surface area contributed by atoms with Gasteiger partial charge in [0.15, 0.2) is 11.5 Å². The number of benzene rings is 1. The fourth-order valence-corrected chi connectivity index (χ4v) is 4.31. The molecule has 25 heavy (non-hydrogen) atoms. The minimum atomic E-state index is -0.186. The average Bonchev–Trinajstić information content (AvgIpc) is 3.04. The SMILES string of the molecule is COc1cccc(CN2CCCC3(CCN(C(C)C)C3)C2=O)c1OC. The fraction of sp³-hybridized carbons (Fsp3) is 0.650. The average molecular weight is 346 g/mol.